The van der Waals surface area contributed by atoms with Crippen molar-refractivity contribution in [1.82, 2.24) is 10.1 Å². The second-order valence-corrected chi connectivity index (χ2v) is 7.87. The van der Waals surface area contributed by atoms with Crippen molar-refractivity contribution < 1.29 is 18.8 Å². The van der Waals surface area contributed by atoms with E-state index in [1.807, 2.05) is 32.0 Å². The lowest BCUT2D eigenvalue weighted by atomic mass is 10.1. The summed E-state index contributed by atoms with van der Waals surface area (Å²) in [6.07, 6.45) is 0. The molecule has 1 aliphatic heterocycles. The van der Waals surface area contributed by atoms with E-state index in [1.165, 1.54) is 11.3 Å². The number of hydrogen-bond donors (Lipinski definition) is 1. The molecule has 8 heteroatoms. The number of carbonyl (C=O) groups is 1. The van der Waals surface area contributed by atoms with Gasteiger partial charge in [0, 0.05) is 11.6 Å². The molecule has 0 atom stereocenters. The molecule has 2 aromatic carbocycles. The number of aryl methyl sites for hydroxylation is 2. The van der Waals surface area contributed by atoms with Gasteiger partial charge in [-0.3, -0.25) is 10.1 Å². The molecule has 2 aromatic heterocycles. The van der Waals surface area contributed by atoms with Crippen LogP contribution in [-0.2, 0) is 0 Å². The van der Waals surface area contributed by atoms with Crippen LogP contribution in [0.4, 0.5) is 5.13 Å². The van der Waals surface area contributed by atoms with Crippen LogP contribution in [0.2, 0.25) is 0 Å². The largest absolute Gasteiger partial charge is 0.486 e. The Morgan fingerprint density at radius 3 is 2.76 bits per heavy atom. The van der Waals surface area contributed by atoms with E-state index in [0.717, 1.165) is 26.9 Å². The lowest BCUT2D eigenvalue weighted by Crippen LogP contribution is -2.15. The SMILES string of the molecule is Cc1cc(C)c2nc(NC(=O)c3cc(-c4ccc5c(c4)OCCO5)on3)sc2c1. The van der Waals surface area contributed by atoms with Crippen LogP contribution in [0.25, 0.3) is 21.5 Å². The van der Waals surface area contributed by atoms with Gasteiger partial charge in [-0.1, -0.05) is 22.6 Å². The fraction of sp³-hybridized carbons (Fsp3) is 0.190. The molecule has 3 heterocycles. The highest BCUT2D eigenvalue weighted by molar-refractivity contribution is 7.22. The average Bonchev–Trinajstić information content (AvgIpc) is 3.35. The maximum atomic E-state index is 12.6. The monoisotopic (exact) mass is 407 g/mol. The maximum absolute atomic E-state index is 12.6. The van der Waals surface area contributed by atoms with Crippen molar-refractivity contribution in [1.29, 1.82) is 0 Å². The molecule has 1 amide bonds. The summed E-state index contributed by atoms with van der Waals surface area (Å²) in [5, 5.41) is 7.24. The zero-order chi connectivity index (χ0) is 20.0. The standard InChI is InChI=1S/C21H17N3O4S/c1-11-7-12(2)19-18(8-11)29-21(22-19)23-20(25)14-10-16(28-24-14)13-3-4-15-17(9-13)27-6-5-26-15/h3-4,7-10H,5-6H2,1-2H3,(H,22,23,25). The van der Waals surface area contributed by atoms with E-state index in [1.54, 1.807) is 6.07 Å². The van der Waals surface area contributed by atoms with Crippen LogP contribution in [0.3, 0.4) is 0 Å². The maximum Gasteiger partial charge on any atom is 0.279 e. The molecular weight excluding hydrogens is 390 g/mol. The van der Waals surface area contributed by atoms with Gasteiger partial charge in [0.2, 0.25) is 0 Å². The first-order chi connectivity index (χ1) is 14.1. The predicted molar refractivity (Wildman–Crippen MR) is 110 cm³/mol. The van der Waals surface area contributed by atoms with Crippen molar-refractivity contribution in [2.24, 2.45) is 0 Å². The Bertz CT molecular complexity index is 1240. The summed E-state index contributed by atoms with van der Waals surface area (Å²) in [6.45, 7) is 5.09. The third kappa shape index (κ3) is 3.31. The quantitative estimate of drug-likeness (QED) is 0.534. The fourth-order valence-electron chi connectivity index (χ4n) is 3.30. The summed E-state index contributed by atoms with van der Waals surface area (Å²) < 4.78 is 17.5. The van der Waals surface area contributed by atoms with E-state index < -0.39 is 0 Å². The van der Waals surface area contributed by atoms with Gasteiger partial charge in [-0.05, 0) is 49.2 Å². The molecule has 0 saturated carbocycles. The first-order valence-electron chi connectivity index (χ1n) is 9.13. The molecule has 0 spiro atoms. The summed E-state index contributed by atoms with van der Waals surface area (Å²) in [7, 11) is 0. The first kappa shape index (κ1) is 17.7. The van der Waals surface area contributed by atoms with Crippen LogP contribution in [0.15, 0.2) is 40.9 Å². The van der Waals surface area contributed by atoms with Crippen LogP contribution in [-0.4, -0.2) is 29.3 Å². The number of nitrogens with zero attached hydrogens (tertiary/aromatic N) is 2. The van der Waals surface area contributed by atoms with E-state index in [0.29, 0.717) is 35.6 Å². The lowest BCUT2D eigenvalue weighted by molar-refractivity contribution is 0.101. The summed E-state index contributed by atoms with van der Waals surface area (Å²) >= 11 is 1.44. The molecule has 0 radical (unpaired) electrons. The molecule has 4 aromatic rings. The Morgan fingerprint density at radius 2 is 1.90 bits per heavy atom. The molecule has 0 bridgehead atoms. The van der Waals surface area contributed by atoms with Gasteiger partial charge in [-0.2, -0.15) is 0 Å². The Hall–Kier alpha value is -3.39. The Morgan fingerprint density at radius 1 is 1.07 bits per heavy atom. The lowest BCUT2D eigenvalue weighted by Gasteiger charge is -2.18. The van der Waals surface area contributed by atoms with Crippen molar-refractivity contribution in [3.8, 4) is 22.8 Å². The number of anilines is 1. The van der Waals surface area contributed by atoms with Crippen molar-refractivity contribution in [3.05, 3.63) is 53.2 Å². The minimum absolute atomic E-state index is 0.182. The van der Waals surface area contributed by atoms with Gasteiger partial charge in [0.05, 0.1) is 10.2 Å². The number of fused-ring (bicyclic) bond motifs is 2. The summed E-state index contributed by atoms with van der Waals surface area (Å²) in [4.78, 5) is 17.1. The number of carbonyl (C=O) groups excluding carboxylic acids is 1. The fourth-order valence-corrected chi connectivity index (χ4v) is 4.34. The number of nitrogens with one attached hydrogen (secondary N) is 1. The zero-order valence-electron chi connectivity index (χ0n) is 15.8. The number of rotatable bonds is 3. The summed E-state index contributed by atoms with van der Waals surface area (Å²) in [6, 6.07) is 11.2. The number of ether oxygens (including phenoxy) is 2. The first-order valence-corrected chi connectivity index (χ1v) is 9.94. The normalized spacial score (nSPS) is 12.9. The average molecular weight is 407 g/mol. The minimum atomic E-state index is -0.369. The number of thiazole rings is 1. The zero-order valence-corrected chi connectivity index (χ0v) is 16.6. The van der Waals surface area contributed by atoms with Gasteiger partial charge in [0.1, 0.15) is 13.2 Å². The molecule has 1 aliphatic rings. The molecule has 1 N–H and O–H groups in total. The molecule has 7 nitrogen and oxygen atoms in total. The van der Waals surface area contributed by atoms with E-state index in [9.17, 15) is 4.79 Å². The van der Waals surface area contributed by atoms with Crippen molar-refractivity contribution >= 4 is 32.6 Å². The Labute approximate surface area is 170 Å². The van der Waals surface area contributed by atoms with Gasteiger partial charge < -0.3 is 14.0 Å². The van der Waals surface area contributed by atoms with Crippen molar-refractivity contribution in [2.45, 2.75) is 13.8 Å². The number of benzene rings is 2. The van der Waals surface area contributed by atoms with Crippen LogP contribution in [0, 0.1) is 13.8 Å². The van der Waals surface area contributed by atoms with Gasteiger partial charge in [-0.15, -0.1) is 0 Å². The molecule has 0 fully saturated rings. The second kappa shape index (κ2) is 6.89. The molecule has 0 saturated heterocycles. The third-order valence-electron chi connectivity index (χ3n) is 4.62. The van der Waals surface area contributed by atoms with Crippen LogP contribution in [0.5, 0.6) is 11.5 Å². The van der Waals surface area contributed by atoms with E-state index in [4.69, 9.17) is 14.0 Å². The van der Waals surface area contributed by atoms with Crippen molar-refractivity contribution in [3.63, 3.8) is 0 Å². The van der Waals surface area contributed by atoms with E-state index in [2.05, 4.69) is 27.6 Å². The Kier molecular flexibility index (Phi) is 4.21. The van der Waals surface area contributed by atoms with Gasteiger partial charge in [-0.25, -0.2) is 4.98 Å². The molecule has 29 heavy (non-hydrogen) atoms. The minimum Gasteiger partial charge on any atom is -0.486 e. The summed E-state index contributed by atoms with van der Waals surface area (Å²) in [5.41, 5.74) is 4.08. The highest BCUT2D eigenvalue weighted by atomic mass is 32.1. The Balaban J connectivity index is 1.38. The molecule has 0 unspecified atom stereocenters. The van der Waals surface area contributed by atoms with Crippen LogP contribution >= 0.6 is 11.3 Å². The highest BCUT2D eigenvalue weighted by Gasteiger charge is 2.18. The van der Waals surface area contributed by atoms with E-state index >= 15 is 0 Å². The molecule has 146 valence electrons. The predicted octanol–water partition coefficient (Wildman–Crippen LogP) is 4.59. The topological polar surface area (TPSA) is 86.5 Å². The highest BCUT2D eigenvalue weighted by Crippen LogP contribution is 2.35. The van der Waals surface area contributed by atoms with E-state index in [-0.39, 0.29) is 11.6 Å². The molecular formula is C21H17N3O4S. The van der Waals surface area contributed by atoms with Gasteiger partial charge in [0.25, 0.3) is 5.91 Å². The summed E-state index contributed by atoms with van der Waals surface area (Å²) in [5.74, 6) is 1.45. The van der Waals surface area contributed by atoms with Gasteiger partial charge in [0.15, 0.2) is 28.1 Å². The smallest absolute Gasteiger partial charge is 0.279 e. The number of amides is 1. The number of hydrogen-bond acceptors (Lipinski definition) is 7. The van der Waals surface area contributed by atoms with Crippen LogP contribution < -0.4 is 14.8 Å². The number of aromatic nitrogens is 2. The third-order valence-corrected chi connectivity index (χ3v) is 5.54. The molecule has 5 rings (SSSR count). The van der Waals surface area contributed by atoms with Gasteiger partial charge >= 0.3 is 0 Å². The molecule has 0 aliphatic carbocycles. The van der Waals surface area contributed by atoms with Crippen LogP contribution in [0.1, 0.15) is 21.6 Å². The van der Waals surface area contributed by atoms with Crippen molar-refractivity contribution in [2.75, 3.05) is 18.5 Å². The second-order valence-electron chi connectivity index (χ2n) is 6.84.